The van der Waals surface area contributed by atoms with E-state index in [0.717, 1.165) is 12.1 Å². The molecule has 0 bridgehead atoms. The summed E-state index contributed by atoms with van der Waals surface area (Å²) < 4.78 is 38.1. The fourth-order valence-electron chi connectivity index (χ4n) is 1.83. The number of aryl methyl sites for hydroxylation is 1. The highest BCUT2D eigenvalue weighted by Gasteiger charge is 2.31. The van der Waals surface area contributed by atoms with Gasteiger partial charge in [0.15, 0.2) is 0 Å². The Bertz CT molecular complexity index is 519. The third kappa shape index (κ3) is 5.10. The highest BCUT2D eigenvalue weighted by Crippen LogP contribution is 2.32. The monoisotopic (exact) mass is 336 g/mol. The van der Waals surface area contributed by atoms with E-state index in [1.54, 1.807) is 20.1 Å². The minimum absolute atomic E-state index is 0.101. The molecule has 0 heterocycles. The normalized spacial score (nSPS) is 14.3. The molecule has 0 aliphatic heterocycles. The van der Waals surface area contributed by atoms with Gasteiger partial charge in [-0.15, -0.1) is 0 Å². The van der Waals surface area contributed by atoms with Crippen molar-refractivity contribution in [1.82, 2.24) is 5.32 Å². The molecule has 0 radical (unpaired) electrons. The number of carbonyl (C=O) groups is 1. The number of benzene rings is 1. The molecule has 3 N–H and O–H groups in total. The zero-order valence-corrected chi connectivity index (χ0v) is 13.3. The number of urea groups is 1. The molecule has 0 saturated carbocycles. The SMILES string of the molecule is CSC(CO)C(C)NC(=O)Nc1cc(C(F)(F)F)ccc1C. The van der Waals surface area contributed by atoms with Gasteiger partial charge in [-0.2, -0.15) is 24.9 Å². The van der Waals surface area contributed by atoms with E-state index in [4.69, 9.17) is 5.11 Å². The average molecular weight is 336 g/mol. The van der Waals surface area contributed by atoms with Gasteiger partial charge in [0.1, 0.15) is 0 Å². The van der Waals surface area contributed by atoms with Crippen molar-refractivity contribution in [2.75, 3.05) is 18.2 Å². The molecule has 0 aliphatic rings. The Morgan fingerprint density at radius 1 is 1.41 bits per heavy atom. The molecule has 124 valence electrons. The summed E-state index contributed by atoms with van der Waals surface area (Å²) in [6, 6.07) is 2.24. The van der Waals surface area contributed by atoms with Crippen LogP contribution in [0.1, 0.15) is 18.1 Å². The molecule has 0 spiro atoms. The van der Waals surface area contributed by atoms with Gasteiger partial charge < -0.3 is 15.7 Å². The van der Waals surface area contributed by atoms with Gasteiger partial charge in [-0.05, 0) is 37.8 Å². The molecule has 0 aromatic heterocycles. The first-order chi connectivity index (χ1) is 10.2. The zero-order chi connectivity index (χ0) is 16.9. The van der Waals surface area contributed by atoms with Crippen LogP contribution in [0.4, 0.5) is 23.7 Å². The van der Waals surface area contributed by atoms with Gasteiger partial charge in [-0.3, -0.25) is 0 Å². The summed E-state index contributed by atoms with van der Waals surface area (Å²) in [6.07, 6.45) is -2.66. The van der Waals surface area contributed by atoms with E-state index in [-0.39, 0.29) is 23.6 Å². The summed E-state index contributed by atoms with van der Waals surface area (Å²) >= 11 is 1.39. The summed E-state index contributed by atoms with van der Waals surface area (Å²) in [6.45, 7) is 3.22. The summed E-state index contributed by atoms with van der Waals surface area (Å²) in [5.74, 6) is 0. The van der Waals surface area contributed by atoms with Crippen molar-refractivity contribution in [3.63, 3.8) is 0 Å². The average Bonchev–Trinajstić information content (AvgIpc) is 2.41. The predicted octanol–water partition coefficient (Wildman–Crippen LogP) is 3.25. The Morgan fingerprint density at radius 3 is 2.55 bits per heavy atom. The highest BCUT2D eigenvalue weighted by molar-refractivity contribution is 7.99. The first-order valence-electron chi connectivity index (χ1n) is 6.58. The van der Waals surface area contributed by atoms with Crippen LogP contribution in [0, 0.1) is 6.92 Å². The van der Waals surface area contributed by atoms with Crippen molar-refractivity contribution in [3.05, 3.63) is 29.3 Å². The number of anilines is 1. The standard InChI is InChI=1S/C14H19F3N2O2S/c1-8-4-5-10(14(15,16)17)6-11(8)19-13(21)18-9(2)12(7-20)22-3/h4-6,9,12,20H,7H2,1-3H3,(H2,18,19,21). The maximum atomic E-state index is 12.7. The summed E-state index contributed by atoms with van der Waals surface area (Å²) in [5.41, 5.74) is -0.192. The second-order valence-corrected chi connectivity index (χ2v) is 5.95. The van der Waals surface area contributed by atoms with Crippen molar-refractivity contribution in [3.8, 4) is 0 Å². The number of carbonyl (C=O) groups excluding carboxylic acids is 1. The van der Waals surface area contributed by atoms with Crippen LogP contribution in [0.15, 0.2) is 18.2 Å². The van der Waals surface area contributed by atoms with E-state index in [1.807, 2.05) is 0 Å². The molecule has 2 atom stereocenters. The number of aliphatic hydroxyl groups is 1. The molecule has 0 aliphatic carbocycles. The molecule has 1 aromatic rings. The van der Waals surface area contributed by atoms with Crippen LogP contribution in [-0.4, -0.2) is 35.3 Å². The molecular weight excluding hydrogens is 317 g/mol. The molecule has 2 unspecified atom stereocenters. The number of aliphatic hydroxyl groups excluding tert-OH is 1. The van der Waals surface area contributed by atoms with E-state index >= 15 is 0 Å². The first kappa shape index (κ1) is 18.6. The van der Waals surface area contributed by atoms with Gasteiger partial charge >= 0.3 is 12.2 Å². The summed E-state index contributed by atoms with van der Waals surface area (Å²) in [5, 5.41) is 14.0. The summed E-state index contributed by atoms with van der Waals surface area (Å²) in [7, 11) is 0. The zero-order valence-electron chi connectivity index (χ0n) is 12.5. The van der Waals surface area contributed by atoms with Crippen LogP contribution in [0.5, 0.6) is 0 Å². The molecule has 1 rings (SSSR count). The number of alkyl halides is 3. The van der Waals surface area contributed by atoms with Crippen molar-refractivity contribution < 1.29 is 23.1 Å². The van der Waals surface area contributed by atoms with Crippen molar-refractivity contribution in [2.24, 2.45) is 0 Å². The molecule has 1 aromatic carbocycles. The number of halogens is 3. The third-order valence-electron chi connectivity index (χ3n) is 3.21. The van der Waals surface area contributed by atoms with E-state index in [9.17, 15) is 18.0 Å². The number of thioether (sulfide) groups is 1. The number of nitrogens with one attached hydrogen (secondary N) is 2. The Hall–Kier alpha value is -1.41. The van der Waals surface area contributed by atoms with Gasteiger partial charge in [0.25, 0.3) is 0 Å². The van der Waals surface area contributed by atoms with Gasteiger partial charge in [0.2, 0.25) is 0 Å². The molecule has 0 saturated heterocycles. The van der Waals surface area contributed by atoms with Crippen LogP contribution in [0.25, 0.3) is 0 Å². The van der Waals surface area contributed by atoms with Crippen molar-refractivity contribution in [2.45, 2.75) is 31.3 Å². The number of amides is 2. The molecule has 4 nitrogen and oxygen atoms in total. The van der Waals surface area contributed by atoms with Gasteiger partial charge in [0.05, 0.1) is 12.2 Å². The molecule has 2 amide bonds. The van der Waals surface area contributed by atoms with E-state index in [0.29, 0.717) is 5.56 Å². The Morgan fingerprint density at radius 2 is 2.05 bits per heavy atom. The van der Waals surface area contributed by atoms with E-state index in [2.05, 4.69) is 10.6 Å². The number of hydrogen-bond donors (Lipinski definition) is 3. The first-order valence-corrected chi connectivity index (χ1v) is 7.86. The fourth-order valence-corrected chi connectivity index (χ4v) is 2.45. The lowest BCUT2D eigenvalue weighted by Crippen LogP contribution is -2.43. The fraction of sp³-hybridized carbons (Fsp3) is 0.500. The Balaban J connectivity index is 2.80. The van der Waals surface area contributed by atoms with Crippen molar-refractivity contribution >= 4 is 23.5 Å². The lowest BCUT2D eigenvalue weighted by molar-refractivity contribution is -0.137. The van der Waals surface area contributed by atoms with Gasteiger partial charge in [0, 0.05) is 17.0 Å². The van der Waals surface area contributed by atoms with E-state index in [1.165, 1.54) is 17.8 Å². The minimum Gasteiger partial charge on any atom is -0.395 e. The lowest BCUT2D eigenvalue weighted by Gasteiger charge is -2.22. The maximum absolute atomic E-state index is 12.7. The number of rotatable bonds is 5. The molecular formula is C14H19F3N2O2S. The van der Waals surface area contributed by atoms with Crippen LogP contribution >= 0.6 is 11.8 Å². The van der Waals surface area contributed by atoms with Crippen LogP contribution < -0.4 is 10.6 Å². The van der Waals surface area contributed by atoms with Crippen LogP contribution in [-0.2, 0) is 6.18 Å². The molecule has 22 heavy (non-hydrogen) atoms. The summed E-state index contributed by atoms with van der Waals surface area (Å²) in [4.78, 5) is 11.9. The quantitative estimate of drug-likeness (QED) is 0.773. The third-order valence-corrected chi connectivity index (χ3v) is 4.38. The Kier molecular flexibility index (Phi) is 6.55. The minimum atomic E-state index is -4.46. The molecule has 0 fully saturated rings. The highest BCUT2D eigenvalue weighted by atomic mass is 32.2. The second kappa shape index (κ2) is 7.73. The Labute approximate surface area is 131 Å². The van der Waals surface area contributed by atoms with Gasteiger partial charge in [-0.25, -0.2) is 4.79 Å². The smallest absolute Gasteiger partial charge is 0.395 e. The second-order valence-electron chi connectivity index (χ2n) is 4.87. The van der Waals surface area contributed by atoms with Crippen LogP contribution in [0.3, 0.4) is 0 Å². The van der Waals surface area contributed by atoms with E-state index < -0.39 is 17.8 Å². The number of hydrogen-bond acceptors (Lipinski definition) is 3. The topological polar surface area (TPSA) is 61.4 Å². The van der Waals surface area contributed by atoms with Crippen LogP contribution in [0.2, 0.25) is 0 Å². The predicted molar refractivity (Wildman–Crippen MR) is 82.2 cm³/mol. The lowest BCUT2D eigenvalue weighted by atomic mass is 10.1. The van der Waals surface area contributed by atoms with Crippen molar-refractivity contribution in [1.29, 1.82) is 0 Å². The molecule has 8 heteroatoms. The maximum Gasteiger partial charge on any atom is 0.416 e. The largest absolute Gasteiger partial charge is 0.416 e. The van der Waals surface area contributed by atoms with Gasteiger partial charge in [-0.1, -0.05) is 6.07 Å².